The van der Waals surface area contributed by atoms with Crippen LogP contribution >= 0.6 is 8.30 Å². The van der Waals surface area contributed by atoms with Crippen LogP contribution in [0.2, 0.25) is 0 Å². The Morgan fingerprint density at radius 1 is 0.933 bits per heavy atom. The zero-order valence-corrected chi connectivity index (χ0v) is 19.7. The molecule has 1 saturated heterocycles. The molecule has 0 aromatic heterocycles. The van der Waals surface area contributed by atoms with Crippen LogP contribution in [-0.4, -0.2) is 52.9 Å². The SMILES string of the molecule is C.CC(C)N(C(C)C)P(C)OCCCCCCCCCC(=O)ON1C(=O)CCC1=O. The number of imide groups is 1. The molecule has 1 rings (SSSR count). The zero-order chi connectivity index (χ0) is 21.8. The highest BCUT2D eigenvalue weighted by atomic mass is 31.2. The average molecular weight is 447 g/mol. The third-order valence-corrected chi connectivity index (χ3v) is 7.02. The van der Waals surface area contributed by atoms with Gasteiger partial charge in [0.1, 0.15) is 8.30 Å². The Bertz CT molecular complexity index is 504. The molecular formula is C22H43N2O5P. The maximum atomic E-state index is 11.7. The number of carbonyl (C=O) groups excluding carboxylic acids is 3. The fourth-order valence-corrected chi connectivity index (χ4v) is 5.40. The summed E-state index contributed by atoms with van der Waals surface area (Å²) in [6.45, 7) is 11.9. The van der Waals surface area contributed by atoms with E-state index in [2.05, 4.69) is 39.0 Å². The molecule has 0 saturated carbocycles. The Balaban J connectivity index is 0.00000841. The van der Waals surface area contributed by atoms with Gasteiger partial charge in [-0.2, -0.15) is 0 Å². The molecule has 8 heteroatoms. The monoisotopic (exact) mass is 446 g/mol. The summed E-state index contributed by atoms with van der Waals surface area (Å²) in [5.74, 6) is -1.35. The predicted octanol–water partition coefficient (Wildman–Crippen LogP) is 5.43. The summed E-state index contributed by atoms with van der Waals surface area (Å²) in [5.41, 5.74) is 0. The maximum Gasteiger partial charge on any atom is 0.333 e. The van der Waals surface area contributed by atoms with Gasteiger partial charge in [0.05, 0.1) is 6.61 Å². The first-order valence-electron chi connectivity index (χ1n) is 11.0. The smallest absolute Gasteiger partial charge is 0.333 e. The number of nitrogens with zero attached hydrogens (tertiary/aromatic N) is 2. The van der Waals surface area contributed by atoms with Gasteiger partial charge in [0.2, 0.25) is 0 Å². The van der Waals surface area contributed by atoms with Gasteiger partial charge in [0, 0.05) is 31.3 Å². The lowest BCUT2D eigenvalue weighted by Crippen LogP contribution is -2.32. The highest BCUT2D eigenvalue weighted by Crippen LogP contribution is 2.41. The fraction of sp³-hybridized carbons (Fsp3) is 0.864. The van der Waals surface area contributed by atoms with Gasteiger partial charge >= 0.3 is 5.97 Å². The summed E-state index contributed by atoms with van der Waals surface area (Å²) in [7, 11) is -0.529. The molecule has 1 fully saturated rings. The van der Waals surface area contributed by atoms with E-state index in [1.807, 2.05) is 0 Å². The van der Waals surface area contributed by atoms with E-state index in [-0.39, 0.29) is 26.7 Å². The Morgan fingerprint density at radius 2 is 1.40 bits per heavy atom. The molecule has 0 radical (unpaired) electrons. The van der Waals surface area contributed by atoms with Crippen LogP contribution in [-0.2, 0) is 23.7 Å². The largest absolute Gasteiger partial charge is 0.344 e. The van der Waals surface area contributed by atoms with Crippen molar-refractivity contribution in [2.75, 3.05) is 13.3 Å². The van der Waals surface area contributed by atoms with Crippen molar-refractivity contribution >= 4 is 26.1 Å². The van der Waals surface area contributed by atoms with E-state index in [1.165, 1.54) is 6.42 Å². The van der Waals surface area contributed by atoms with Crippen LogP contribution in [0.5, 0.6) is 0 Å². The highest BCUT2D eigenvalue weighted by molar-refractivity contribution is 7.49. The Morgan fingerprint density at radius 3 is 1.90 bits per heavy atom. The molecule has 0 aromatic rings. The van der Waals surface area contributed by atoms with Crippen LogP contribution in [0, 0.1) is 0 Å². The minimum Gasteiger partial charge on any atom is -0.344 e. The molecule has 176 valence electrons. The van der Waals surface area contributed by atoms with Gasteiger partial charge in [-0.3, -0.25) is 14.3 Å². The average Bonchev–Trinajstić information content (AvgIpc) is 2.94. The Labute approximate surface area is 184 Å². The van der Waals surface area contributed by atoms with Crippen LogP contribution < -0.4 is 0 Å². The Hall–Kier alpha value is -1.04. The second kappa shape index (κ2) is 15.7. The van der Waals surface area contributed by atoms with Crippen molar-refractivity contribution in [2.24, 2.45) is 0 Å². The lowest BCUT2D eigenvalue weighted by Gasteiger charge is -2.35. The topological polar surface area (TPSA) is 76.2 Å². The van der Waals surface area contributed by atoms with Crippen molar-refractivity contribution in [2.45, 2.75) is 111 Å². The number of hydrogen-bond acceptors (Lipinski definition) is 6. The summed E-state index contributed by atoms with van der Waals surface area (Å²) in [6, 6.07) is 0.999. The number of unbranched alkanes of at least 4 members (excludes halogenated alkanes) is 6. The normalized spacial score (nSPS) is 15.3. The lowest BCUT2D eigenvalue weighted by molar-refractivity contribution is -0.197. The van der Waals surface area contributed by atoms with Crippen LogP contribution in [0.1, 0.15) is 99.3 Å². The quantitative estimate of drug-likeness (QED) is 0.190. The standard InChI is InChI=1S/C21H39N2O5P.CH4/c1-17(2)23(18(3)4)29(5)27-16-12-10-8-6-7-9-11-13-21(26)28-22-19(24)14-15-20(22)25;/h17-18H,6-16H2,1-5H3;1H4. The summed E-state index contributed by atoms with van der Waals surface area (Å²) in [4.78, 5) is 39.3. The number of rotatable bonds is 15. The van der Waals surface area contributed by atoms with Crippen molar-refractivity contribution in [1.82, 2.24) is 9.73 Å². The predicted molar refractivity (Wildman–Crippen MR) is 122 cm³/mol. The molecule has 7 nitrogen and oxygen atoms in total. The maximum absolute atomic E-state index is 11.7. The molecule has 1 aliphatic heterocycles. The molecule has 1 atom stereocenters. The van der Waals surface area contributed by atoms with Crippen LogP contribution in [0.4, 0.5) is 0 Å². The van der Waals surface area contributed by atoms with Crippen molar-refractivity contribution in [3.05, 3.63) is 0 Å². The van der Waals surface area contributed by atoms with E-state index < -0.39 is 26.1 Å². The first-order valence-corrected chi connectivity index (χ1v) is 12.6. The highest BCUT2D eigenvalue weighted by Gasteiger charge is 2.32. The van der Waals surface area contributed by atoms with Gasteiger partial charge < -0.3 is 9.36 Å². The van der Waals surface area contributed by atoms with Crippen molar-refractivity contribution in [1.29, 1.82) is 0 Å². The third kappa shape index (κ3) is 10.8. The molecule has 0 aliphatic carbocycles. The minimum atomic E-state index is -0.529. The number of hydroxylamine groups is 2. The summed E-state index contributed by atoms with van der Waals surface area (Å²) >= 11 is 0. The van der Waals surface area contributed by atoms with E-state index in [0.29, 0.717) is 17.1 Å². The second-order valence-electron chi connectivity index (χ2n) is 8.13. The van der Waals surface area contributed by atoms with E-state index in [4.69, 9.17) is 9.36 Å². The molecule has 0 bridgehead atoms. The first-order chi connectivity index (χ1) is 13.7. The molecule has 1 aliphatic rings. The van der Waals surface area contributed by atoms with E-state index >= 15 is 0 Å². The van der Waals surface area contributed by atoms with Gasteiger partial charge in [-0.1, -0.05) is 39.5 Å². The Kier molecular flexibility index (Phi) is 15.2. The number of carbonyl (C=O) groups is 3. The van der Waals surface area contributed by atoms with Crippen molar-refractivity contribution in [3.8, 4) is 0 Å². The van der Waals surface area contributed by atoms with Gasteiger partial charge in [-0.25, -0.2) is 4.79 Å². The molecule has 2 amide bonds. The minimum absolute atomic E-state index is 0. The molecule has 0 N–H and O–H groups in total. The van der Waals surface area contributed by atoms with Gasteiger partial charge in [0.15, 0.2) is 0 Å². The van der Waals surface area contributed by atoms with Gasteiger partial charge in [0.25, 0.3) is 11.8 Å². The molecule has 0 spiro atoms. The first kappa shape index (κ1) is 29.0. The van der Waals surface area contributed by atoms with E-state index in [0.717, 1.165) is 45.1 Å². The number of amides is 2. The molecule has 1 heterocycles. The number of hydrogen-bond donors (Lipinski definition) is 0. The van der Waals surface area contributed by atoms with E-state index in [9.17, 15) is 14.4 Å². The van der Waals surface area contributed by atoms with Gasteiger partial charge in [-0.05, 0) is 47.2 Å². The second-order valence-corrected chi connectivity index (χ2v) is 9.78. The molecule has 30 heavy (non-hydrogen) atoms. The lowest BCUT2D eigenvalue weighted by atomic mass is 10.1. The summed E-state index contributed by atoms with van der Waals surface area (Å²) < 4.78 is 8.50. The van der Waals surface area contributed by atoms with Crippen LogP contribution in [0.25, 0.3) is 0 Å². The van der Waals surface area contributed by atoms with Crippen LogP contribution in [0.3, 0.4) is 0 Å². The van der Waals surface area contributed by atoms with Crippen molar-refractivity contribution < 1.29 is 23.7 Å². The summed E-state index contributed by atoms with van der Waals surface area (Å²) in [6.07, 6.45) is 7.81. The molecule has 0 aromatic carbocycles. The van der Waals surface area contributed by atoms with E-state index in [1.54, 1.807) is 0 Å². The van der Waals surface area contributed by atoms with Crippen molar-refractivity contribution in [3.63, 3.8) is 0 Å². The van der Waals surface area contributed by atoms with Gasteiger partial charge in [-0.15, -0.1) is 5.06 Å². The molecule has 1 unspecified atom stereocenters. The molecular weight excluding hydrogens is 403 g/mol. The fourth-order valence-electron chi connectivity index (χ4n) is 3.57. The third-order valence-electron chi connectivity index (χ3n) is 4.89. The summed E-state index contributed by atoms with van der Waals surface area (Å²) in [5, 5.41) is 0.619. The van der Waals surface area contributed by atoms with Crippen LogP contribution in [0.15, 0.2) is 0 Å². The zero-order valence-electron chi connectivity index (χ0n) is 18.8.